The monoisotopic (exact) mass is 268 g/mol. The summed E-state index contributed by atoms with van der Waals surface area (Å²) < 4.78 is 20.0. The Hall–Kier alpha value is -2.62. The standard InChI is InChI=1S/C16H13FN2O/c1-20-16-5-3-2-4-15(16)19-11-10-14(18-19)12-6-8-13(17)9-7-12/h2-11H,1H3. The number of methoxy groups -OCH3 is 1. The van der Waals surface area contributed by atoms with E-state index in [1.54, 1.807) is 23.9 Å². The predicted molar refractivity (Wildman–Crippen MR) is 75.5 cm³/mol. The van der Waals surface area contributed by atoms with E-state index in [0.29, 0.717) is 0 Å². The zero-order valence-electron chi connectivity index (χ0n) is 11.0. The van der Waals surface area contributed by atoms with Crippen molar-refractivity contribution in [2.24, 2.45) is 0 Å². The second-order valence-corrected chi connectivity index (χ2v) is 4.32. The van der Waals surface area contributed by atoms with Gasteiger partial charge in [-0.15, -0.1) is 0 Å². The second-order valence-electron chi connectivity index (χ2n) is 4.32. The minimum atomic E-state index is -0.252. The minimum absolute atomic E-state index is 0.252. The van der Waals surface area contributed by atoms with Crippen molar-refractivity contribution in [2.75, 3.05) is 7.11 Å². The lowest BCUT2D eigenvalue weighted by molar-refractivity contribution is 0.412. The number of ether oxygens (including phenoxy) is 1. The molecule has 4 heteroatoms. The maximum Gasteiger partial charge on any atom is 0.144 e. The van der Waals surface area contributed by atoms with Gasteiger partial charge in [0.05, 0.1) is 12.8 Å². The summed E-state index contributed by atoms with van der Waals surface area (Å²) in [6.45, 7) is 0. The van der Waals surface area contributed by atoms with Crippen LogP contribution >= 0.6 is 0 Å². The average molecular weight is 268 g/mol. The normalized spacial score (nSPS) is 10.5. The number of rotatable bonds is 3. The molecule has 0 saturated carbocycles. The Morgan fingerprint density at radius 3 is 2.50 bits per heavy atom. The van der Waals surface area contributed by atoms with Gasteiger partial charge < -0.3 is 4.74 Å². The van der Waals surface area contributed by atoms with E-state index in [0.717, 1.165) is 22.7 Å². The van der Waals surface area contributed by atoms with E-state index in [1.165, 1.54) is 12.1 Å². The van der Waals surface area contributed by atoms with E-state index < -0.39 is 0 Å². The summed E-state index contributed by atoms with van der Waals surface area (Å²) in [4.78, 5) is 0. The first kappa shape index (κ1) is 12.4. The van der Waals surface area contributed by atoms with Crippen molar-refractivity contribution in [3.8, 4) is 22.7 Å². The first-order chi connectivity index (χ1) is 9.78. The van der Waals surface area contributed by atoms with Gasteiger partial charge in [0, 0.05) is 11.8 Å². The highest BCUT2D eigenvalue weighted by Crippen LogP contribution is 2.24. The Morgan fingerprint density at radius 1 is 1.00 bits per heavy atom. The van der Waals surface area contributed by atoms with Crippen LogP contribution in [-0.4, -0.2) is 16.9 Å². The van der Waals surface area contributed by atoms with Crippen LogP contribution < -0.4 is 4.74 Å². The first-order valence-corrected chi connectivity index (χ1v) is 6.23. The summed E-state index contributed by atoms with van der Waals surface area (Å²) >= 11 is 0. The van der Waals surface area contributed by atoms with Crippen molar-refractivity contribution < 1.29 is 9.13 Å². The van der Waals surface area contributed by atoms with E-state index in [9.17, 15) is 4.39 Å². The highest BCUT2D eigenvalue weighted by Gasteiger charge is 2.07. The third-order valence-corrected chi connectivity index (χ3v) is 3.06. The molecule has 20 heavy (non-hydrogen) atoms. The van der Waals surface area contributed by atoms with E-state index >= 15 is 0 Å². The summed E-state index contributed by atoms with van der Waals surface area (Å²) in [6, 6.07) is 15.8. The van der Waals surface area contributed by atoms with Crippen LogP contribution in [0.4, 0.5) is 4.39 Å². The second kappa shape index (κ2) is 5.17. The smallest absolute Gasteiger partial charge is 0.144 e. The molecule has 0 aliphatic heterocycles. The Morgan fingerprint density at radius 2 is 1.75 bits per heavy atom. The zero-order valence-corrected chi connectivity index (χ0v) is 11.0. The van der Waals surface area contributed by atoms with Gasteiger partial charge in [-0.05, 0) is 42.5 Å². The Balaban J connectivity index is 2.00. The fraction of sp³-hybridized carbons (Fsp3) is 0.0625. The lowest BCUT2D eigenvalue weighted by Gasteiger charge is -2.07. The van der Waals surface area contributed by atoms with Gasteiger partial charge in [-0.3, -0.25) is 0 Å². The quantitative estimate of drug-likeness (QED) is 0.724. The number of para-hydroxylation sites is 2. The number of hydrogen-bond acceptors (Lipinski definition) is 2. The molecule has 0 radical (unpaired) electrons. The van der Waals surface area contributed by atoms with Gasteiger partial charge in [0.25, 0.3) is 0 Å². The summed E-state index contributed by atoms with van der Waals surface area (Å²) in [6.07, 6.45) is 1.86. The van der Waals surface area contributed by atoms with Crippen LogP contribution in [0.3, 0.4) is 0 Å². The Kier molecular flexibility index (Phi) is 3.21. The molecule has 0 atom stereocenters. The molecule has 0 saturated heterocycles. The molecule has 0 spiro atoms. The number of nitrogens with zero attached hydrogens (tertiary/aromatic N) is 2. The topological polar surface area (TPSA) is 27.1 Å². The first-order valence-electron chi connectivity index (χ1n) is 6.23. The Labute approximate surface area is 116 Å². The van der Waals surface area contributed by atoms with Crippen LogP contribution in [0, 0.1) is 5.82 Å². The largest absolute Gasteiger partial charge is 0.494 e. The molecule has 100 valence electrons. The minimum Gasteiger partial charge on any atom is -0.494 e. The highest BCUT2D eigenvalue weighted by molar-refractivity contribution is 5.59. The van der Waals surface area contributed by atoms with Gasteiger partial charge in [-0.2, -0.15) is 5.10 Å². The van der Waals surface area contributed by atoms with Gasteiger partial charge in [0.15, 0.2) is 0 Å². The van der Waals surface area contributed by atoms with E-state index in [2.05, 4.69) is 5.10 Å². The van der Waals surface area contributed by atoms with Gasteiger partial charge in [-0.1, -0.05) is 12.1 Å². The van der Waals surface area contributed by atoms with Crippen molar-refractivity contribution in [3.63, 3.8) is 0 Å². The molecule has 3 aromatic rings. The lowest BCUT2D eigenvalue weighted by Crippen LogP contribution is -1.98. The molecule has 0 amide bonds. The van der Waals surface area contributed by atoms with Crippen molar-refractivity contribution >= 4 is 0 Å². The van der Waals surface area contributed by atoms with Crippen LogP contribution in [0.5, 0.6) is 5.75 Å². The van der Waals surface area contributed by atoms with E-state index in [1.807, 2.05) is 36.5 Å². The molecule has 0 fully saturated rings. The van der Waals surface area contributed by atoms with Crippen molar-refractivity contribution in [2.45, 2.75) is 0 Å². The molecule has 0 bridgehead atoms. The van der Waals surface area contributed by atoms with Gasteiger partial charge >= 0.3 is 0 Å². The van der Waals surface area contributed by atoms with Gasteiger partial charge in [0.1, 0.15) is 17.3 Å². The molecule has 1 heterocycles. The van der Waals surface area contributed by atoms with Gasteiger partial charge in [-0.25, -0.2) is 9.07 Å². The summed E-state index contributed by atoms with van der Waals surface area (Å²) in [5, 5.41) is 4.50. The molecule has 0 unspecified atom stereocenters. The SMILES string of the molecule is COc1ccccc1-n1ccc(-c2ccc(F)cc2)n1. The molecule has 3 rings (SSSR count). The number of benzene rings is 2. The molecule has 3 nitrogen and oxygen atoms in total. The molecular formula is C16H13FN2O. The van der Waals surface area contributed by atoms with E-state index in [-0.39, 0.29) is 5.82 Å². The average Bonchev–Trinajstić information content (AvgIpc) is 2.97. The molecular weight excluding hydrogens is 255 g/mol. The van der Waals surface area contributed by atoms with Crippen molar-refractivity contribution in [1.29, 1.82) is 0 Å². The molecule has 2 aromatic carbocycles. The van der Waals surface area contributed by atoms with Crippen LogP contribution in [0.2, 0.25) is 0 Å². The van der Waals surface area contributed by atoms with Crippen molar-refractivity contribution in [3.05, 3.63) is 66.6 Å². The third kappa shape index (κ3) is 2.28. The summed E-state index contributed by atoms with van der Waals surface area (Å²) in [5.41, 5.74) is 2.53. The molecule has 0 aliphatic carbocycles. The number of aromatic nitrogens is 2. The van der Waals surface area contributed by atoms with Crippen LogP contribution in [0.25, 0.3) is 16.9 Å². The highest BCUT2D eigenvalue weighted by atomic mass is 19.1. The van der Waals surface area contributed by atoms with Gasteiger partial charge in [0.2, 0.25) is 0 Å². The number of halogens is 1. The van der Waals surface area contributed by atoms with E-state index in [4.69, 9.17) is 4.74 Å². The van der Waals surface area contributed by atoms with Crippen LogP contribution in [-0.2, 0) is 0 Å². The molecule has 0 aliphatic rings. The Bertz CT molecular complexity index is 719. The predicted octanol–water partition coefficient (Wildman–Crippen LogP) is 3.69. The maximum atomic E-state index is 12.9. The maximum absolute atomic E-state index is 12.9. The number of hydrogen-bond donors (Lipinski definition) is 0. The lowest BCUT2D eigenvalue weighted by atomic mass is 10.1. The summed E-state index contributed by atoms with van der Waals surface area (Å²) in [5.74, 6) is 0.499. The van der Waals surface area contributed by atoms with Crippen LogP contribution in [0.1, 0.15) is 0 Å². The molecule has 1 aromatic heterocycles. The van der Waals surface area contributed by atoms with Crippen LogP contribution in [0.15, 0.2) is 60.8 Å². The van der Waals surface area contributed by atoms with Crippen molar-refractivity contribution in [1.82, 2.24) is 9.78 Å². The third-order valence-electron chi connectivity index (χ3n) is 3.06. The fourth-order valence-electron chi connectivity index (χ4n) is 2.05. The zero-order chi connectivity index (χ0) is 13.9. The summed E-state index contributed by atoms with van der Waals surface area (Å²) in [7, 11) is 1.63. The molecule has 0 N–H and O–H groups in total. The fourth-order valence-corrected chi connectivity index (χ4v) is 2.05.